The summed E-state index contributed by atoms with van der Waals surface area (Å²) in [5, 5.41) is 14.2. The zero-order valence-corrected chi connectivity index (χ0v) is 13.9. The lowest BCUT2D eigenvalue weighted by Gasteiger charge is -2.27. The fraction of sp³-hybridized carbons (Fsp3) is 0.500. The number of hydrogen-bond acceptors (Lipinski definition) is 2. The van der Waals surface area contributed by atoms with E-state index in [0.717, 1.165) is 11.1 Å². The van der Waals surface area contributed by atoms with Crippen molar-refractivity contribution in [2.24, 2.45) is 5.92 Å². The summed E-state index contributed by atoms with van der Waals surface area (Å²) in [7, 11) is 0. The first-order chi connectivity index (χ1) is 10.3. The van der Waals surface area contributed by atoms with E-state index in [1.54, 1.807) is 6.92 Å². The summed E-state index contributed by atoms with van der Waals surface area (Å²) in [6.45, 7) is 8.00. The van der Waals surface area contributed by atoms with Crippen LogP contribution < -0.4 is 5.32 Å². The van der Waals surface area contributed by atoms with E-state index >= 15 is 0 Å². The quantitative estimate of drug-likeness (QED) is 0.768. The Morgan fingerprint density at radius 1 is 1.41 bits per heavy atom. The first-order valence-corrected chi connectivity index (χ1v) is 7.86. The van der Waals surface area contributed by atoms with Crippen LogP contribution in [-0.2, 0) is 11.2 Å². The number of aromatic nitrogens is 1. The second kappa shape index (κ2) is 6.53. The van der Waals surface area contributed by atoms with Crippen LogP contribution in [0, 0.1) is 12.8 Å². The summed E-state index contributed by atoms with van der Waals surface area (Å²) in [5.41, 5.74) is 2.64. The van der Waals surface area contributed by atoms with Gasteiger partial charge in [0.2, 0.25) is 5.91 Å². The van der Waals surface area contributed by atoms with Crippen LogP contribution in [0.15, 0.2) is 24.4 Å². The first kappa shape index (κ1) is 16.6. The van der Waals surface area contributed by atoms with Crippen LogP contribution in [0.4, 0.5) is 0 Å². The number of H-pyrrole nitrogens is 1. The number of benzene rings is 1. The Kier molecular flexibility index (Phi) is 4.91. The molecule has 2 aromatic rings. The molecule has 1 aromatic heterocycles. The molecule has 22 heavy (non-hydrogen) atoms. The molecule has 1 atom stereocenters. The monoisotopic (exact) mass is 302 g/mol. The summed E-state index contributed by atoms with van der Waals surface area (Å²) in [6.07, 6.45) is 3.10. The molecule has 1 unspecified atom stereocenters. The van der Waals surface area contributed by atoms with Crippen molar-refractivity contribution in [3.63, 3.8) is 0 Å². The van der Waals surface area contributed by atoms with Gasteiger partial charge in [-0.05, 0) is 37.3 Å². The smallest absolute Gasteiger partial charge is 0.220 e. The fourth-order valence-electron chi connectivity index (χ4n) is 2.39. The number of aryl methyl sites for hydroxylation is 2. The minimum atomic E-state index is -0.868. The zero-order valence-electron chi connectivity index (χ0n) is 13.9. The second-order valence-corrected chi connectivity index (χ2v) is 6.60. The molecule has 4 nitrogen and oxygen atoms in total. The van der Waals surface area contributed by atoms with Crippen LogP contribution in [0.5, 0.6) is 0 Å². The van der Waals surface area contributed by atoms with Gasteiger partial charge >= 0.3 is 0 Å². The van der Waals surface area contributed by atoms with Gasteiger partial charge in [0.15, 0.2) is 0 Å². The Morgan fingerprint density at radius 3 is 2.82 bits per heavy atom. The molecule has 0 radical (unpaired) electrons. The van der Waals surface area contributed by atoms with Crippen molar-refractivity contribution in [1.82, 2.24) is 10.3 Å². The molecule has 0 aliphatic carbocycles. The van der Waals surface area contributed by atoms with Crippen molar-refractivity contribution < 1.29 is 9.90 Å². The normalized spacial score (nSPS) is 14.3. The summed E-state index contributed by atoms with van der Waals surface area (Å²) < 4.78 is 0. The van der Waals surface area contributed by atoms with Crippen LogP contribution in [0.1, 0.15) is 38.3 Å². The molecule has 0 spiro atoms. The maximum absolute atomic E-state index is 12.0. The molecule has 3 N–H and O–H groups in total. The zero-order chi connectivity index (χ0) is 16.3. The van der Waals surface area contributed by atoms with Crippen LogP contribution >= 0.6 is 0 Å². The predicted molar refractivity (Wildman–Crippen MR) is 89.8 cm³/mol. The number of fused-ring (bicyclic) bond motifs is 1. The number of aromatic amines is 1. The Morgan fingerprint density at radius 2 is 2.14 bits per heavy atom. The molecular formula is C18H26N2O2. The molecule has 0 bridgehead atoms. The SMILES string of the molecule is Cc1cccc2c(CCC(=O)NCC(C)(O)C(C)C)c[nH]c12. The number of aliphatic hydroxyl groups is 1. The van der Waals surface area contributed by atoms with Gasteiger partial charge in [-0.1, -0.05) is 32.0 Å². The minimum Gasteiger partial charge on any atom is -0.388 e. The maximum atomic E-state index is 12.0. The van der Waals surface area contributed by atoms with E-state index in [1.165, 1.54) is 10.9 Å². The maximum Gasteiger partial charge on any atom is 0.220 e. The molecule has 0 saturated carbocycles. The van der Waals surface area contributed by atoms with E-state index in [0.29, 0.717) is 12.8 Å². The third kappa shape index (κ3) is 3.69. The topological polar surface area (TPSA) is 65.1 Å². The van der Waals surface area contributed by atoms with Gasteiger partial charge < -0.3 is 15.4 Å². The molecule has 120 valence electrons. The lowest BCUT2D eigenvalue weighted by Crippen LogP contribution is -2.44. The predicted octanol–water partition coefficient (Wildman–Crippen LogP) is 2.93. The van der Waals surface area contributed by atoms with Crippen molar-refractivity contribution in [3.8, 4) is 0 Å². The molecule has 1 amide bonds. The van der Waals surface area contributed by atoms with E-state index in [9.17, 15) is 9.90 Å². The van der Waals surface area contributed by atoms with E-state index < -0.39 is 5.60 Å². The van der Waals surface area contributed by atoms with Gasteiger partial charge in [0.1, 0.15) is 0 Å². The third-order valence-corrected chi connectivity index (χ3v) is 4.52. The number of carbonyl (C=O) groups excluding carboxylic acids is 1. The molecule has 1 heterocycles. The average Bonchev–Trinajstić information content (AvgIpc) is 2.87. The molecule has 0 aliphatic heterocycles. The lowest BCUT2D eigenvalue weighted by atomic mass is 9.92. The molecule has 1 aromatic carbocycles. The molecule has 2 rings (SSSR count). The van der Waals surface area contributed by atoms with Gasteiger partial charge in [0.05, 0.1) is 5.60 Å². The van der Waals surface area contributed by atoms with Crippen LogP contribution in [0.25, 0.3) is 10.9 Å². The summed E-state index contributed by atoms with van der Waals surface area (Å²) in [4.78, 5) is 15.3. The fourth-order valence-corrected chi connectivity index (χ4v) is 2.39. The summed E-state index contributed by atoms with van der Waals surface area (Å²) in [5.74, 6) is 0.0762. The minimum absolute atomic E-state index is 0.0251. The molecule has 0 saturated heterocycles. The second-order valence-electron chi connectivity index (χ2n) is 6.60. The Bertz CT molecular complexity index is 656. The number of nitrogens with one attached hydrogen (secondary N) is 2. The molecule has 0 fully saturated rings. The van der Waals surface area contributed by atoms with Gasteiger partial charge in [-0.25, -0.2) is 0 Å². The Hall–Kier alpha value is -1.81. The van der Waals surface area contributed by atoms with Crippen molar-refractivity contribution in [2.45, 2.75) is 46.1 Å². The average molecular weight is 302 g/mol. The van der Waals surface area contributed by atoms with E-state index in [4.69, 9.17) is 0 Å². The van der Waals surface area contributed by atoms with E-state index in [1.807, 2.05) is 26.1 Å². The summed E-state index contributed by atoms with van der Waals surface area (Å²) in [6, 6.07) is 6.19. The first-order valence-electron chi connectivity index (χ1n) is 7.86. The molecule has 4 heteroatoms. The van der Waals surface area contributed by atoms with Gasteiger partial charge in [-0.2, -0.15) is 0 Å². The van der Waals surface area contributed by atoms with Crippen molar-refractivity contribution in [3.05, 3.63) is 35.5 Å². The largest absolute Gasteiger partial charge is 0.388 e. The van der Waals surface area contributed by atoms with Crippen LogP contribution in [0.2, 0.25) is 0 Å². The number of para-hydroxylation sites is 1. The highest BCUT2D eigenvalue weighted by Crippen LogP contribution is 2.22. The van der Waals surface area contributed by atoms with E-state index in [-0.39, 0.29) is 18.4 Å². The highest BCUT2D eigenvalue weighted by molar-refractivity contribution is 5.86. The number of rotatable bonds is 6. The lowest BCUT2D eigenvalue weighted by molar-refractivity contribution is -0.122. The van der Waals surface area contributed by atoms with E-state index in [2.05, 4.69) is 29.4 Å². The highest BCUT2D eigenvalue weighted by atomic mass is 16.3. The van der Waals surface area contributed by atoms with Crippen molar-refractivity contribution in [1.29, 1.82) is 0 Å². The van der Waals surface area contributed by atoms with Gasteiger partial charge in [0.25, 0.3) is 0 Å². The standard InChI is InChI=1S/C18H26N2O2/c1-12(2)18(4,22)11-20-16(21)9-8-14-10-19-17-13(3)6-5-7-15(14)17/h5-7,10,12,19,22H,8-9,11H2,1-4H3,(H,20,21). The van der Waals surface area contributed by atoms with Crippen molar-refractivity contribution >= 4 is 16.8 Å². The number of amides is 1. The van der Waals surface area contributed by atoms with Gasteiger partial charge in [-0.15, -0.1) is 0 Å². The third-order valence-electron chi connectivity index (χ3n) is 4.52. The van der Waals surface area contributed by atoms with Gasteiger partial charge in [0, 0.05) is 30.1 Å². The van der Waals surface area contributed by atoms with Crippen LogP contribution in [-0.4, -0.2) is 28.1 Å². The number of carbonyl (C=O) groups is 1. The summed E-state index contributed by atoms with van der Waals surface area (Å²) >= 11 is 0. The van der Waals surface area contributed by atoms with Crippen LogP contribution in [0.3, 0.4) is 0 Å². The molecule has 0 aliphatic rings. The Balaban J connectivity index is 1.92. The van der Waals surface area contributed by atoms with Gasteiger partial charge in [-0.3, -0.25) is 4.79 Å². The number of hydrogen-bond donors (Lipinski definition) is 3. The van der Waals surface area contributed by atoms with Crippen molar-refractivity contribution in [2.75, 3.05) is 6.54 Å². The molecular weight excluding hydrogens is 276 g/mol. The highest BCUT2D eigenvalue weighted by Gasteiger charge is 2.25. The Labute approximate surface area is 131 Å².